The Morgan fingerprint density at radius 1 is 1.03 bits per heavy atom. The van der Waals surface area contributed by atoms with Crippen molar-refractivity contribution in [1.82, 2.24) is 0 Å². The smallest absolute Gasteiger partial charge is 0.261 e. The lowest BCUT2D eigenvalue weighted by Gasteiger charge is -2.39. The fourth-order valence-electron chi connectivity index (χ4n) is 3.08. The molecule has 0 atom stereocenters. The number of nitrogens with zero attached hydrogens (tertiary/aromatic N) is 1. The normalized spacial score (nSPS) is 15.1. The number of benzene rings is 2. The molecule has 0 saturated heterocycles. The van der Waals surface area contributed by atoms with Gasteiger partial charge in [-0.25, -0.2) is 8.42 Å². The number of nitrogens with one attached hydrogen (secondary N) is 2. The summed E-state index contributed by atoms with van der Waals surface area (Å²) in [6, 6.07) is 10.7. The summed E-state index contributed by atoms with van der Waals surface area (Å²) in [5.41, 5.74) is 0.747. The minimum Gasteiger partial charge on any atom is -0.484 e. The molecule has 3 rings (SSSR count). The molecule has 0 aromatic heterocycles. The third-order valence-electron chi connectivity index (χ3n) is 4.29. The van der Waals surface area contributed by atoms with Crippen LogP contribution in [-0.2, 0) is 19.6 Å². The summed E-state index contributed by atoms with van der Waals surface area (Å²) in [7, 11) is -3.89. The zero-order valence-corrected chi connectivity index (χ0v) is 17.5. The van der Waals surface area contributed by atoms with Crippen LogP contribution in [0.5, 0.6) is 5.75 Å². The average Bonchev–Trinajstić information content (AvgIpc) is 2.60. The van der Waals surface area contributed by atoms with E-state index in [-0.39, 0.29) is 16.7 Å². The third-order valence-corrected chi connectivity index (χ3v) is 5.67. The maximum atomic E-state index is 12.8. The first-order chi connectivity index (χ1) is 13.5. The molecule has 8 nitrogen and oxygen atoms in total. The minimum absolute atomic E-state index is 0.0109. The number of fused-ring (bicyclic) bond motifs is 1. The zero-order chi connectivity index (χ0) is 21.4. The van der Waals surface area contributed by atoms with E-state index in [0.29, 0.717) is 29.4 Å². The number of carbonyl (C=O) groups is 2. The van der Waals surface area contributed by atoms with Crippen LogP contribution in [0.15, 0.2) is 47.4 Å². The van der Waals surface area contributed by atoms with Gasteiger partial charge in [0, 0.05) is 25.2 Å². The molecule has 1 aliphatic rings. The Balaban J connectivity index is 1.89. The van der Waals surface area contributed by atoms with Gasteiger partial charge in [-0.05, 0) is 56.3 Å². The van der Waals surface area contributed by atoms with Gasteiger partial charge in [-0.3, -0.25) is 14.3 Å². The summed E-state index contributed by atoms with van der Waals surface area (Å²) >= 11 is 0. The number of anilines is 3. The molecular weight excluding hydrogens is 394 g/mol. The number of hydrogen-bond acceptors (Lipinski definition) is 5. The van der Waals surface area contributed by atoms with Crippen molar-refractivity contribution in [2.24, 2.45) is 0 Å². The predicted octanol–water partition coefficient (Wildman–Crippen LogP) is 2.97. The topological polar surface area (TPSA) is 105 Å². The molecular formula is C20H23N3O5S. The van der Waals surface area contributed by atoms with Gasteiger partial charge in [0.2, 0.25) is 11.8 Å². The van der Waals surface area contributed by atoms with Crippen molar-refractivity contribution in [3.63, 3.8) is 0 Å². The lowest BCUT2D eigenvalue weighted by Crippen LogP contribution is -2.48. The first kappa shape index (κ1) is 20.7. The highest BCUT2D eigenvalue weighted by Crippen LogP contribution is 2.38. The van der Waals surface area contributed by atoms with Gasteiger partial charge in [0.15, 0.2) is 0 Å². The number of sulfonamides is 1. The summed E-state index contributed by atoms with van der Waals surface area (Å²) in [6.07, 6.45) is 0. The van der Waals surface area contributed by atoms with Gasteiger partial charge in [0.05, 0.1) is 17.1 Å². The van der Waals surface area contributed by atoms with Crippen LogP contribution in [0.3, 0.4) is 0 Å². The number of hydrogen-bond donors (Lipinski definition) is 2. The molecule has 154 valence electrons. The monoisotopic (exact) mass is 417 g/mol. The second-order valence-electron chi connectivity index (χ2n) is 7.46. The van der Waals surface area contributed by atoms with Gasteiger partial charge in [0.25, 0.3) is 10.0 Å². The third kappa shape index (κ3) is 4.68. The molecule has 29 heavy (non-hydrogen) atoms. The Bertz CT molecular complexity index is 1060. The quantitative estimate of drug-likeness (QED) is 0.796. The summed E-state index contributed by atoms with van der Waals surface area (Å²) in [5, 5.41) is 2.62. The Morgan fingerprint density at radius 2 is 1.66 bits per heavy atom. The molecule has 0 radical (unpaired) electrons. The molecule has 1 heterocycles. The van der Waals surface area contributed by atoms with Crippen LogP contribution in [0.4, 0.5) is 17.1 Å². The maximum Gasteiger partial charge on any atom is 0.261 e. The number of amides is 2. The second kappa shape index (κ2) is 7.40. The molecule has 0 unspecified atom stereocenters. The van der Waals surface area contributed by atoms with E-state index in [2.05, 4.69) is 10.0 Å². The molecule has 0 bridgehead atoms. The van der Waals surface area contributed by atoms with E-state index in [9.17, 15) is 18.0 Å². The highest BCUT2D eigenvalue weighted by molar-refractivity contribution is 7.92. The molecule has 9 heteroatoms. The van der Waals surface area contributed by atoms with Gasteiger partial charge < -0.3 is 15.0 Å². The van der Waals surface area contributed by atoms with Gasteiger partial charge in [0.1, 0.15) is 11.4 Å². The summed E-state index contributed by atoms with van der Waals surface area (Å²) in [5.74, 6) is 0.0431. The molecule has 2 N–H and O–H groups in total. The highest BCUT2D eigenvalue weighted by atomic mass is 32.2. The van der Waals surface area contributed by atoms with Crippen LogP contribution in [0, 0.1) is 0 Å². The van der Waals surface area contributed by atoms with Crippen molar-refractivity contribution in [3.05, 3.63) is 42.5 Å². The van der Waals surface area contributed by atoms with Gasteiger partial charge in [-0.15, -0.1) is 0 Å². The lowest BCUT2D eigenvalue weighted by molar-refractivity contribution is -0.117. The summed E-state index contributed by atoms with van der Waals surface area (Å²) < 4.78 is 34.0. The van der Waals surface area contributed by atoms with E-state index < -0.39 is 15.6 Å². The molecule has 2 aromatic rings. The van der Waals surface area contributed by atoms with Crippen molar-refractivity contribution in [3.8, 4) is 5.75 Å². The molecule has 0 spiro atoms. The Morgan fingerprint density at radius 3 is 2.24 bits per heavy atom. The SMILES string of the molecule is CC(=O)Nc1ccc(NS(=O)(=O)c2ccc3c(c2)N(C(C)=O)CC(C)(C)O3)cc1. The fraction of sp³-hybridized carbons (Fsp3) is 0.300. The highest BCUT2D eigenvalue weighted by Gasteiger charge is 2.34. The Labute approximate surface area is 169 Å². The summed E-state index contributed by atoms with van der Waals surface area (Å²) in [4.78, 5) is 24.7. The van der Waals surface area contributed by atoms with E-state index in [1.165, 1.54) is 30.9 Å². The molecule has 1 aliphatic heterocycles. The molecule has 0 saturated carbocycles. The molecule has 0 aliphatic carbocycles. The maximum absolute atomic E-state index is 12.8. The number of carbonyl (C=O) groups excluding carboxylic acids is 2. The number of ether oxygens (including phenoxy) is 1. The summed E-state index contributed by atoms with van der Waals surface area (Å²) in [6.45, 7) is 6.87. The van der Waals surface area contributed by atoms with E-state index >= 15 is 0 Å². The minimum atomic E-state index is -3.89. The fourth-order valence-corrected chi connectivity index (χ4v) is 4.16. The van der Waals surface area contributed by atoms with Crippen LogP contribution in [0.2, 0.25) is 0 Å². The number of rotatable bonds is 4. The van der Waals surface area contributed by atoms with E-state index in [1.54, 1.807) is 30.3 Å². The van der Waals surface area contributed by atoms with Crippen LogP contribution in [0.25, 0.3) is 0 Å². The van der Waals surface area contributed by atoms with Crippen LogP contribution in [-0.4, -0.2) is 32.4 Å². The second-order valence-corrected chi connectivity index (χ2v) is 9.14. The Hall–Kier alpha value is -3.07. The van der Waals surface area contributed by atoms with Crippen LogP contribution < -0.4 is 19.7 Å². The van der Waals surface area contributed by atoms with E-state index in [1.807, 2.05) is 13.8 Å². The molecule has 2 amide bonds. The van der Waals surface area contributed by atoms with Crippen molar-refractivity contribution in [2.45, 2.75) is 38.2 Å². The van der Waals surface area contributed by atoms with Crippen molar-refractivity contribution in [1.29, 1.82) is 0 Å². The van der Waals surface area contributed by atoms with Gasteiger partial charge >= 0.3 is 0 Å². The van der Waals surface area contributed by atoms with E-state index in [0.717, 1.165) is 0 Å². The van der Waals surface area contributed by atoms with Crippen molar-refractivity contribution < 1.29 is 22.7 Å². The zero-order valence-electron chi connectivity index (χ0n) is 16.6. The first-order valence-electron chi connectivity index (χ1n) is 8.98. The standard InChI is InChI=1S/C20H23N3O5S/c1-13(24)21-15-5-7-16(8-6-15)22-29(26,27)17-9-10-19-18(11-17)23(14(2)25)12-20(3,4)28-19/h5-11,22H,12H2,1-4H3,(H,21,24). The van der Waals surface area contributed by atoms with Gasteiger partial charge in [-0.1, -0.05) is 0 Å². The average molecular weight is 417 g/mol. The van der Waals surface area contributed by atoms with Crippen LogP contribution in [0.1, 0.15) is 27.7 Å². The predicted molar refractivity (Wildman–Crippen MR) is 111 cm³/mol. The molecule has 2 aromatic carbocycles. The Kier molecular flexibility index (Phi) is 5.27. The van der Waals surface area contributed by atoms with Crippen LogP contribution >= 0.6 is 0 Å². The van der Waals surface area contributed by atoms with Gasteiger partial charge in [-0.2, -0.15) is 0 Å². The van der Waals surface area contributed by atoms with E-state index in [4.69, 9.17) is 4.74 Å². The van der Waals surface area contributed by atoms with Crippen molar-refractivity contribution >= 4 is 38.9 Å². The lowest BCUT2D eigenvalue weighted by atomic mass is 10.1. The first-order valence-corrected chi connectivity index (χ1v) is 10.5. The van der Waals surface area contributed by atoms with Crippen molar-refractivity contribution in [2.75, 3.05) is 21.5 Å². The molecule has 0 fully saturated rings. The largest absolute Gasteiger partial charge is 0.484 e.